The number of benzene rings is 2. The molecule has 4 heteroatoms. The van der Waals surface area contributed by atoms with Crippen molar-refractivity contribution in [1.82, 2.24) is 0 Å². The number of para-hydroxylation sites is 1. The van der Waals surface area contributed by atoms with E-state index in [1.165, 1.54) is 11.1 Å². The van der Waals surface area contributed by atoms with Gasteiger partial charge in [0.1, 0.15) is 0 Å². The molecule has 2 N–H and O–H groups in total. The van der Waals surface area contributed by atoms with Gasteiger partial charge in [-0.3, -0.25) is 4.79 Å². The summed E-state index contributed by atoms with van der Waals surface area (Å²) in [7, 11) is 0. The number of nitriles is 1. The van der Waals surface area contributed by atoms with E-state index in [4.69, 9.17) is 5.26 Å². The first-order chi connectivity index (χ1) is 12.4. The number of nitrogens with zero attached hydrogens (tertiary/aromatic N) is 1. The Balaban J connectivity index is 2.02. The maximum Gasteiger partial charge on any atom is 0.226 e. The van der Waals surface area contributed by atoms with Gasteiger partial charge in [0.25, 0.3) is 0 Å². The van der Waals surface area contributed by atoms with Crippen LogP contribution in [-0.4, -0.2) is 12.5 Å². The quantitative estimate of drug-likeness (QED) is 0.718. The van der Waals surface area contributed by atoms with Crippen molar-refractivity contribution in [2.45, 2.75) is 46.0 Å². The summed E-state index contributed by atoms with van der Waals surface area (Å²) < 4.78 is 0. The third kappa shape index (κ3) is 5.10. The Kier molecular flexibility index (Phi) is 6.80. The van der Waals surface area contributed by atoms with E-state index in [2.05, 4.69) is 62.6 Å². The van der Waals surface area contributed by atoms with Gasteiger partial charge in [-0.1, -0.05) is 52.0 Å². The molecular weight excluding hydrogens is 322 g/mol. The summed E-state index contributed by atoms with van der Waals surface area (Å²) in [5.74, 6) is 0.677. The molecule has 136 valence electrons. The second kappa shape index (κ2) is 9.05. The third-order valence-electron chi connectivity index (χ3n) is 4.31. The van der Waals surface area contributed by atoms with Crippen LogP contribution in [-0.2, 0) is 4.79 Å². The number of hydrogen-bond acceptors (Lipinski definition) is 3. The van der Waals surface area contributed by atoms with Crippen molar-refractivity contribution in [3.05, 3.63) is 59.2 Å². The topological polar surface area (TPSA) is 64.9 Å². The zero-order valence-electron chi connectivity index (χ0n) is 16.0. The van der Waals surface area contributed by atoms with E-state index in [0.717, 1.165) is 11.4 Å². The molecule has 0 fully saturated rings. The van der Waals surface area contributed by atoms with Crippen LogP contribution in [0.3, 0.4) is 0 Å². The molecule has 2 rings (SSSR count). The highest BCUT2D eigenvalue weighted by Crippen LogP contribution is 2.32. The standard InChI is InChI=1S/C22H27N3O/c1-15(2)19-9-6-10-20(16(3)4)22(19)25-21(26)11-12-24-18-8-5-7-17(13-18)14-23/h5-10,13,15-16,24H,11-12H2,1-4H3,(H,25,26). The van der Waals surface area contributed by atoms with Crippen LogP contribution in [0, 0.1) is 11.3 Å². The third-order valence-corrected chi connectivity index (χ3v) is 4.31. The first kappa shape index (κ1) is 19.5. The van der Waals surface area contributed by atoms with Gasteiger partial charge in [-0.05, 0) is 41.2 Å². The van der Waals surface area contributed by atoms with E-state index in [1.54, 1.807) is 12.1 Å². The predicted molar refractivity (Wildman–Crippen MR) is 108 cm³/mol. The van der Waals surface area contributed by atoms with Crippen LogP contribution in [0.15, 0.2) is 42.5 Å². The molecule has 0 saturated heterocycles. The monoisotopic (exact) mass is 349 g/mol. The Morgan fingerprint density at radius 3 is 2.23 bits per heavy atom. The Bertz CT molecular complexity index is 777. The SMILES string of the molecule is CC(C)c1cccc(C(C)C)c1NC(=O)CCNc1cccc(C#N)c1. The van der Waals surface area contributed by atoms with Crippen LogP contribution in [0.1, 0.15) is 62.6 Å². The van der Waals surface area contributed by atoms with Crippen molar-refractivity contribution < 1.29 is 4.79 Å². The van der Waals surface area contributed by atoms with Crippen LogP contribution in [0.5, 0.6) is 0 Å². The molecule has 0 radical (unpaired) electrons. The zero-order chi connectivity index (χ0) is 19.1. The fraction of sp³-hybridized carbons (Fsp3) is 0.364. The molecule has 2 aromatic rings. The summed E-state index contributed by atoms with van der Waals surface area (Å²) >= 11 is 0. The molecule has 1 amide bonds. The first-order valence-corrected chi connectivity index (χ1v) is 9.09. The molecule has 0 aliphatic carbocycles. The largest absolute Gasteiger partial charge is 0.384 e. The number of hydrogen-bond donors (Lipinski definition) is 2. The minimum atomic E-state index is -0.0102. The summed E-state index contributed by atoms with van der Waals surface area (Å²) in [6.07, 6.45) is 0.362. The molecular formula is C22H27N3O. The minimum Gasteiger partial charge on any atom is -0.384 e. The highest BCUT2D eigenvalue weighted by Gasteiger charge is 2.15. The van der Waals surface area contributed by atoms with Crippen molar-refractivity contribution in [2.24, 2.45) is 0 Å². The second-order valence-corrected chi connectivity index (χ2v) is 7.04. The molecule has 0 heterocycles. The fourth-order valence-corrected chi connectivity index (χ4v) is 2.92. The Hall–Kier alpha value is -2.80. The number of carbonyl (C=O) groups excluding carboxylic acids is 1. The van der Waals surface area contributed by atoms with Crippen molar-refractivity contribution >= 4 is 17.3 Å². The molecule has 26 heavy (non-hydrogen) atoms. The highest BCUT2D eigenvalue weighted by atomic mass is 16.1. The summed E-state index contributed by atoms with van der Waals surface area (Å²) in [4.78, 5) is 12.5. The Morgan fingerprint density at radius 2 is 1.65 bits per heavy atom. The lowest BCUT2D eigenvalue weighted by Gasteiger charge is -2.20. The van der Waals surface area contributed by atoms with Crippen LogP contribution >= 0.6 is 0 Å². The van der Waals surface area contributed by atoms with E-state index in [0.29, 0.717) is 30.4 Å². The van der Waals surface area contributed by atoms with Crippen LogP contribution in [0.4, 0.5) is 11.4 Å². The molecule has 2 aromatic carbocycles. The van der Waals surface area contributed by atoms with E-state index in [9.17, 15) is 4.79 Å². The first-order valence-electron chi connectivity index (χ1n) is 9.09. The Labute approximate surface area is 156 Å². The fourth-order valence-electron chi connectivity index (χ4n) is 2.92. The summed E-state index contributed by atoms with van der Waals surface area (Å²) in [6.45, 7) is 9.07. The number of anilines is 2. The van der Waals surface area contributed by atoms with E-state index in [-0.39, 0.29) is 5.91 Å². The smallest absolute Gasteiger partial charge is 0.226 e. The molecule has 0 spiro atoms. The number of carbonyl (C=O) groups is 1. The van der Waals surface area contributed by atoms with Crippen LogP contribution in [0.2, 0.25) is 0 Å². The molecule has 0 bridgehead atoms. The van der Waals surface area contributed by atoms with Gasteiger partial charge in [-0.15, -0.1) is 0 Å². The maximum absolute atomic E-state index is 12.5. The van der Waals surface area contributed by atoms with Gasteiger partial charge < -0.3 is 10.6 Å². The molecule has 0 aliphatic heterocycles. The van der Waals surface area contributed by atoms with Crippen LogP contribution in [0.25, 0.3) is 0 Å². The molecule has 4 nitrogen and oxygen atoms in total. The zero-order valence-corrected chi connectivity index (χ0v) is 16.0. The van der Waals surface area contributed by atoms with Gasteiger partial charge >= 0.3 is 0 Å². The van der Waals surface area contributed by atoms with Crippen molar-refractivity contribution in [3.63, 3.8) is 0 Å². The average Bonchev–Trinajstić information content (AvgIpc) is 2.61. The molecule has 0 atom stereocenters. The lowest BCUT2D eigenvalue weighted by molar-refractivity contribution is -0.115. The van der Waals surface area contributed by atoms with Gasteiger partial charge in [0.2, 0.25) is 5.91 Å². The van der Waals surface area contributed by atoms with Crippen molar-refractivity contribution in [1.29, 1.82) is 5.26 Å². The van der Waals surface area contributed by atoms with E-state index < -0.39 is 0 Å². The average molecular weight is 349 g/mol. The maximum atomic E-state index is 12.5. The van der Waals surface area contributed by atoms with E-state index in [1.807, 2.05) is 12.1 Å². The summed E-state index contributed by atoms with van der Waals surface area (Å²) in [5.41, 5.74) is 4.74. The molecule has 0 aromatic heterocycles. The lowest BCUT2D eigenvalue weighted by atomic mass is 9.92. The van der Waals surface area contributed by atoms with Gasteiger partial charge in [-0.2, -0.15) is 5.26 Å². The molecule has 0 saturated carbocycles. The van der Waals surface area contributed by atoms with Crippen molar-refractivity contribution in [3.8, 4) is 6.07 Å². The van der Waals surface area contributed by atoms with Gasteiger partial charge in [0.05, 0.1) is 11.6 Å². The number of amides is 1. The van der Waals surface area contributed by atoms with E-state index >= 15 is 0 Å². The summed E-state index contributed by atoms with van der Waals surface area (Å²) in [6, 6.07) is 15.6. The molecule has 0 unspecified atom stereocenters. The minimum absolute atomic E-state index is 0.0102. The number of rotatable bonds is 7. The number of nitrogens with one attached hydrogen (secondary N) is 2. The summed E-state index contributed by atoms with van der Waals surface area (Å²) in [5, 5.41) is 15.3. The highest BCUT2D eigenvalue weighted by molar-refractivity contribution is 5.93. The predicted octanol–water partition coefficient (Wildman–Crippen LogP) is 5.25. The normalized spacial score (nSPS) is 10.7. The van der Waals surface area contributed by atoms with Gasteiger partial charge in [0, 0.05) is 24.3 Å². The Morgan fingerprint density at radius 1 is 1.04 bits per heavy atom. The van der Waals surface area contributed by atoms with Gasteiger partial charge in [0.15, 0.2) is 0 Å². The lowest BCUT2D eigenvalue weighted by Crippen LogP contribution is -2.18. The molecule has 0 aliphatic rings. The van der Waals surface area contributed by atoms with Gasteiger partial charge in [-0.25, -0.2) is 0 Å². The van der Waals surface area contributed by atoms with Crippen molar-refractivity contribution in [2.75, 3.05) is 17.2 Å². The van der Waals surface area contributed by atoms with Crippen LogP contribution < -0.4 is 10.6 Å². The second-order valence-electron chi connectivity index (χ2n) is 7.04.